The van der Waals surface area contributed by atoms with Gasteiger partial charge in [-0.05, 0) is 43.7 Å². The third-order valence-electron chi connectivity index (χ3n) is 2.96. The second kappa shape index (κ2) is 7.04. The molecule has 0 amide bonds. The molecular weight excluding hydrogens is 276 g/mol. The lowest BCUT2D eigenvalue weighted by molar-refractivity contribution is 0.531. The smallest absolute Gasteiger partial charge is 0.0931 e. The summed E-state index contributed by atoms with van der Waals surface area (Å²) in [5, 5.41) is 3.57. The molecule has 1 N–H and O–H groups in total. The van der Waals surface area contributed by atoms with Crippen LogP contribution in [0.2, 0.25) is 4.34 Å². The summed E-state index contributed by atoms with van der Waals surface area (Å²) < 4.78 is 0.843. The number of nitrogens with one attached hydrogen (secondary N) is 1. The molecule has 4 heteroatoms. The van der Waals surface area contributed by atoms with E-state index in [0.717, 1.165) is 29.4 Å². The predicted octanol–water partition coefficient (Wildman–Crippen LogP) is 4.39. The average Bonchev–Trinajstić information content (AvgIpc) is 2.83. The van der Waals surface area contributed by atoms with E-state index in [0.29, 0.717) is 6.04 Å². The van der Waals surface area contributed by atoms with Gasteiger partial charge in [0.1, 0.15) is 0 Å². The Morgan fingerprint density at radius 1 is 1.32 bits per heavy atom. The van der Waals surface area contributed by atoms with Gasteiger partial charge in [-0.3, -0.25) is 4.98 Å². The predicted molar refractivity (Wildman–Crippen MR) is 83.0 cm³/mol. The summed E-state index contributed by atoms with van der Waals surface area (Å²) in [5.74, 6) is 0. The van der Waals surface area contributed by atoms with Gasteiger partial charge in [0, 0.05) is 29.2 Å². The zero-order chi connectivity index (χ0) is 13.7. The minimum atomic E-state index is 0.299. The Kier molecular flexibility index (Phi) is 5.37. The molecule has 0 radical (unpaired) electrons. The second-order valence-corrected chi connectivity index (χ2v) is 6.43. The molecule has 19 heavy (non-hydrogen) atoms. The molecule has 0 bridgehead atoms. The number of rotatable bonds is 6. The van der Waals surface area contributed by atoms with Gasteiger partial charge in [0.2, 0.25) is 0 Å². The van der Waals surface area contributed by atoms with Crippen LogP contribution in [0.3, 0.4) is 0 Å². The van der Waals surface area contributed by atoms with Crippen molar-refractivity contribution in [3.8, 4) is 0 Å². The third-order valence-corrected chi connectivity index (χ3v) is 4.31. The fourth-order valence-electron chi connectivity index (χ4n) is 1.94. The van der Waals surface area contributed by atoms with Crippen molar-refractivity contribution in [3.05, 3.63) is 50.9 Å². The number of hydrogen-bond acceptors (Lipinski definition) is 3. The molecule has 2 aromatic heterocycles. The Balaban J connectivity index is 2.11. The van der Waals surface area contributed by atoms with Gasteiger partial charge < -0.3 is 5.32 Å². The lowest BCUT2D eigenvalue weighted by Crippen LogP contribution is -2.23. The number of thiophene rings is 1. The van der Waals surface area contributed by atoms with Crippen molar-refractivity contribution in [3.63, 3.8) is 0 Å². The van der Waals surface area contributed by atoms with Crippen LogP contribution < -0.4 is 5.32 Å². The summed E-state index contributed by atoms with van der Waals surface area (Å²) >= 11 is 7.68. The van der Waals surface area contributed by atoms with Crippen LogP contribution in [0.25, 0.3) is 0 Å². The van der Waals surface area contributed by atoms with Crippen LogP contribution in [0.1, 0.15) is 35.5 Å². The first kappa shape index (κ1) is 14.5. The van der Waals surface area contributed by atoms with Crippen LogP contribution in [-0.4, -0.2) is 11.5 Å². The number of aromatic nitrogens is 1. The van der Waals surface area contributed by atoms with Crippen molar-refractivity contribution in [2.24, 2.45) is 0 Å². The number of nitrogens with zero attached hydrogens (tertiary/aromatic N) is 1. The molecule has 0 aromatic carbocycles. The maximum absolute atomic E-state index is 6.04. The van der Waals surface area contributed by atoms with Gasteiger partial charge in [-0.1, -0.05) is 24.6 Å². The van der Waals surface area contributed by atoms with Crippen LogP contribution in [0.4, 0.5) is 0 Å². The molecule has 2 nitrogen and oxygen atoms in total. The fraction of sp³-hybridized carbons (Fsp3) is 0.400. The number of aryl methyl sites for hydroxylation is 1. The van der Waals surface area contributed by atoms with Crippen LogP contribution >= 0.6 is 22.9 Å². The third kappa shape index (κ3) is 4.30. The Morgan fingerprint density at radius 3 is 2.74 bits per heavy atom. The molecule has 0 saturated carbocycles. The molecular formula is C15H19ClN2S. The minimum Gasteiger partial charge on any atom is -0.309 e. The largest absolute Gasteiger partial charge is 0.309 e. The molecule has 0 spiro atoms. The van der Waals surface area contributed by atoms with E-state index in [1.807, 2.05) is 12.3 Å². The van der Waals surface area contributed by atoms with E-state index in [-0.39, 0.29) is 0 Å². The van der Waals surface area contributed by atoms with Crippen molar-refractivity contribution in [1.82, 2.24) is 10.3 Å². The van der Waals surface area contributed by atoms with Gasteiger partial charge >= 0.3 is 0 Å². The fourth-order valence-corrected chi connectivity index (χ4v) is 3.07. The lowest BCUT2D eigenvalue weighted by Gasteiger charge is -2.16. The monoisotopic (exact) mass is 294 g/mol. The average molecular weight is 295 g/mol. The van der Waals surface area contributed by atoms with Crippen LogP contribution in [0.15, 0.2) is 30.5 Å². The van der Waals surface area contributed by atoms with Crippen molar-refractivity contribution in [1.29, 1.82) is 0 Å². The highest BCUT2D eigenvalue weighted by Crippen LogP contribution is 2.28. The van der Waals surface area contributed by atoms with Crippen molar-refractivity contribution >= 4 is 22.9 Å². The van der Waals surface area contributed by atoms with E-state index in [4.69, 9.17) is 11.6 Å². The molecule has 2 rings (SSSR count). The Hall–Kier alpha value is -0.900. The summed E-state index contributed by atoms with van der Waals surface area (Å²) in [5.41, 5.74) is 2.31. The van der Waals surface area contributed by atoms with Crippen molar-refractivity contribution < 1.29 is 0 Å². The lowest BCUT2D eigenvalue weighted by atomic mass is 10.1. The normalized spacial score (nSPS) is 12.6. The van der Waals surface area contributed by atoms with Crippen LogP contribution in [0.5, 0.6) is 0 Å². The zero-order valence-corrected chi connectivity index (χ0v) is 12.9. The van der Waals surface area contributed by atoms with Crippen LogP contribution in [-0.2, 0) is 6.42 Å². The standard InChI is InChI=1S/C15H19ClN2S/c1-3-8-17-13(14-6-7-15(16)19-14)9-12-5-4-11(2)10-18-12/h4-7,10,13,17H,3,8-9H2,1-2H3. The van der Waals surface area contributed by atoms with Crippen molar-refractivity contribution in [2.45, 2.75) is 32.7 Å². The Morgan fingerprint density at radius 2 is 2.16 bits per heavy atom. The van der Waals surface area contributed by atoms with Gasteiger partial charge in [-0.2, -0.15) is 0 Å². The number of halogens is 1. The first-order chi connectivity index (χ1) is 9.19. The van der Waals surface area contributed by atoms with Gasteiger partial charge in [0.15, 0.2) is 0 Å². The van der Waals surface area contributed by atoms with Gasteiger partial charge in [0.25, 0.3) is 0 Å². The summed E-state index contributed by atoms with van der Waals surface area (Å²) in [7, 11) is 0. The second-order valence-electron chi connectivity index (χ2n) is 4.68. The quantitative estimate of drug-likeness (QED) is 0.855. The van der Waals surface area contributed by atoms with Gasteiger partial charge in [-0.15, -0.1) is 11.3 Å². The van der Waals surface area contributed by atoms with E-state index in [9.17, 15) is 0 Å². The highest BCUT2D eigenvalue weighted by molar-refractivity contribution is 7.16. The van der Waals surface area contributed by atoms with E-state index in [1.54, 1.807) is 11.3 Å². The highest BCUT2D eigenvalue weighted by Gasteiger charge is 2.14. The minimum absolute atomic E-state index is 0.299. The van der Waals surface area contributed by atoms with E-state index in [1.165, 1.54) is 10.4 Å². The summed E-state index contributed by atoms with van der Waals surface area (Å²) in [6.45, 7) is 5.24. The molecule has 0 aliphatic carbocycles. The maximum atomic E-state index is 6.04. The first-order valence-corrected chi connectivity index (χ1v) is 7.78. The summed E-state index contributed by atoms with van der Waals surface area (Å²) in [6, 6.07) is 8.58. The molecule has 0 saturated heterocycles. The molecule has 102 valence electrons. The highest BCUT2D eigenvalue weighted by atomic mass is 35.5. The van der Waals surface area contributed by atoms with E-state index >= 15 is 0 Å². The topological polar surface area (TPSA) is 24.9 Å². The molecule has 2 heterocycles. The first-order valence-electron chi connectivity index (χ1n) is 6.59. The Labute approximate surface area is 123 Å². The molecule has 0 aliphatic rings. The molecule has 0 aliphatic heterocycles. The van der Waals surface area contributed by atoms with E-state index in [2.05, 4.69) is 42.3 Å². The van der Waals surface area contributed by atoms with Crippen molar-refractivity contribution in [2.75, 3.05) is 6.54 Å². The molecule has 0 fully saturated rings. The summed E-state index contributed by atoms with van der Waals surface area (Å²) in [4.78, 5) is 5.77. The zero-order valence-electron chi connectivity index (χ0n) is 11.3. The van der Waals surface area contributed by atoms with Crippen LogP contribution in [0, 0.1) is 6.92 Å². The van der Waals surface area contributed by atoms with Gasteiger partial charge in [0.05, 0.1) is 4.34 Å². The van der Waals surface area contributed by atoms with E-state index < -0.39 is 0 Å². The number of hydrogen-bond donors (Lipinski definition) is 1. The molecule has 1 atom stereocenters. The number of pyridine rings is 1. The maximum Gasteiger partial charge on any atom is 0.0931 e. The SMILES string of the molecule is CCCNC(Cc1ccc(C)cn1)c1ccc(Cl)s1. The summed E-state index contributed by atoms with van der Waals surface area (Å²) in [6.07, 6.45) is 3.95. The molecule has 2 aromatic rings. The molecule has 1 unspecified atom stereocenters. The Bertz CT molecular complexity index is 507. The van der Waals surface area contributed by atoms with Gasteiger partial charge in [-0.25, -0.2) is 0 Å².